The first kappa shape index (κ1) is 13.3. The summed E-state index contributed by atoms with van der Waals surface area (Å²) in [5.74, 6) is 2.97. The van der Waals surface area contributed by atoms with Gasteiger partial charge in [-0.15, -0.1) is 0 Å². The van der Waals surface area contributed by atoms with E-state index in [1.165, 1.54) is 48.8 Å². The molecule has 0 radical (unpaired) electrons. The maximum atomic E-state index is 4.77. The van der Waals surface area contributed by atoms with Crippen molar-refractivity contribution in [1.82, 2.24) is 15.1 Å². The van der Waals surface area contributed by atoms with Crippen molar-refractivity contribution in [2.24, 2.45) is 17.8 Å². The Kier molecular flexibility index (Phi) is 3.46. The Balaban J connectivity index is 1.43. The van der Waals surface area contributed by atoms with Gasteiger partial charge in [-0.25, -0.2) is 0 Å². The van der Waals surface area contributed by atoms with E-state index in [-0.39, 0.29) is 0 Å². The van der Waals surface area contributed by atoms with E-state index in [0.29, 0.717) is 0 Å². The van der Waals surface area contributed by atoms with Crippen molar-refractivity contribution in [3.05, 3.63) is 30.0 Å². The Morgan fingerprint density at radius 3 is 2.90 bits per heavy atom. The van der Waals surface area contributed by atoms with Crippen LogP contribution in [0.1, 0.15) is 38.3 Å². The van der Waals surface area contributed by atoms with Gasteiger partial charge in [0.2, 0.25) is 0 Å². The average Bonchev–Trinajstić information content (AvgIpc) is 3.21. The molecule has 3 unspecified atom stereocenters. The van der Waals surface area contributed by atoms with Crippen LogP contribution >= 0.6 is 0 Å². The Bertz CT molecular complexity index is 630. The number of aromatic nitrogens is 2. The monoisotopic (exact) mass is 283 g/mol. The Labute approximate surface area is 126 Å². The summed E-state index contributed by atoms with van der Waals surface area (Å²) in [6, 6.07) is 8.58. The van der Waals surface area contributed by atoms with Crippen LogP contribution in [0.2, 0.25) is 0 Å². The van der Waals surface area contributed by atoms with E-state index >= 15 is 0 Å². The second-order valence-corrected chi connectivity index (χ2v) is 6.85. The SMILES string of the molecule is CCn1nc(CNCC2CC3CCC2C3)c2ccccc21. The smallest absolute Gasteiger partial charge is 0.0841 e. The molecule has 2 bridgehead atoms. The molecule has 1 aromatic heterocycles. The molecule has 1 heterocycles. The van der Waals surface area contributed by atoms with Crippen molar-refractivity contribution in [2.75, 3.05) is 6.54 Å². The lowest BCUT2D eigenvalue weighted by Crippen LogP contribution is -2.26. The molecule has 3 nitrogen and oxygen atoms in total. The number of para-hydroxylation sites is 1. The van der Waals surface area contributed by atoms with Crippen LogP contribution in [-0.4, -0.2) is 16.3 Å². The van der Waals surface area contributed by atoms with Crippen LogP contribution in [0.5, 0.6) is 0 Å². The second-order valence-electron chi connectivity index (χ2n) is 6.85. The lowest BCUT2D eigenvalue weighted by Gasteiger charge is -2.21. The fraction of sp³-hybridized carbons (Fsp3) is 0.611. The first-order valence-electron chi connectivity index (χ1n) is 8.50. The zero-order valence-corrected chi connectivity index (χ0v) is 12.9. The first-order chi connectivity index (χ1) is 10.3. The zero-order chi connectivity index (χ0) is 14.2. The van der Waals surface area contributed by atoms with E-state index in [1.807, 2.05) is 0 Å². The third-order valence-corrected chi connectivity index (χ3v) is 5.62. The van der Waals surface area contributed by atoms with Crippen LogP contribution in [0, 0.1) is 17.8 Å². The minimum Gasteiger partial charge on any atom is -0.311 e. The molecule has 2 aromatic rings. The number of benzene rings is 1. The second kappa shape index (κ2) is 5.45. The minimum atomic E-state index is 0.904. The van der Waals surface area contributed by atoms with Gasteiger partial charge in [0.25, 0.3) is 0 Å². The molecule has 2 saturated carbocycles. The predicted molar refractivity (Wildman–Crippen MR) is 86.1 cm³/mol. The summed E-state index contributed by atoms with van der Waals surface area (Å²) in [6.45, 7) is 5.18. The van der Waals surface area contributed by atoms with Gasteiger partial charge in [0, 0.05) is 18.5 Å². The summed E-state index contributed by atoms with van der Waals surface area (Å²) < 4.78 is 2.11. The van der Waals surface area contributed by atoms with Gasteiger partial charge in [0.15, 0.2) is 0 Å². The summed E-state index contributed by atoms with van der Waals surface area (Å²) in [5.41, 5.74) is 2.47. The molecule has 0 amide bonds. The van der Waals surface area contributed by atoms with Gasteiger partial charge in [0.05, 0.1) is 11.2 Å². The van der Waals surface area contributed by atoms with Gasteiger partial charge in [-0.3, -0.25) is 4.68 Å². The van der Waals surface area contributed by atoms with E-state index in [1.54, 1.807) is 0 Å². The van der Waals surface area contributed by atoms with Gasteiger partial charge >= 0.3 is 0 Å². The van der Waals surface area contributed by atoms with Crippen molar-refractivity contribution in [1.29, 1.82) is 0 Å². The molecule has 0 saturated heterocycles. The molecule has 0 spiro atoms. The van der Waals surface area contributed by atoms with Crippen LogP contribution in [0.25, 0.3) is 10.9 Å². The number of aryl methyl sites for hydroxylation is 1. The van der Waals surface area contributed by atoms with Crippen LogP contribution < -0.4 is 5.32 Å². The maximum Gasteiger partial charge on any atom is 0.0841 e. The molecule has 4 rings (SSSR count). The van der Waals surface area contributed by atoms with E-state index in [0.717, 1.165) is 30.8 Å². The normalized spacial score (nSPS) is 27.8. The molecule has 3 atom stereocenters. The van der Waals surface area contributed by atoms with Gasteiger partial charge in [-0.05, 0) is 56.6 Å². The number of hydrogen-bond donors (Lipinski definition) is 1. The number of nitrogens with one attached hydrogen (secondary N) is 1. The lowest BCUT2D eigenvalue weighted by molar-refractivity contribution is 0.318. The minimum absolute atomic E-state index is 0.904. The van der Waals surface area contributed by atoms with Crippen LogP contribution in [0.3, 0.4) is 0 Å². The van der Waals surface area contributed by atoms with E-state index in [2.05, 4.69) is 41.2 Å². The van der Waals surface area contributed by atoms with E-state index in [9.17, 15) is 0 Å². The first-order valence-corrected chi connectivity index (χ1v) is 8.50. The number of nitrogens with zero attached hydrogens (tertiary/aromatic N) is 2. The maximum absolute atomic E-state index is 4.77. The topological polar surface area (TPSA) is 29.9 Å². The Morgan fingerprint density at radius 1 is 1.24 bits per heavy atom. The highest BCUT2D eigenvalue weighted by molar-refractivity contribution is 5.81. The predicted octanol–water partition coefficient (Wildman–Crippen LogP) is 3.58. The molecule has 3 heteroatoms. The Hall–Kier alpha value is -1.35. The summed E-state index contributed by atoms with van der Waals surface area (Å²) in [4.78, 5) is 0. The van der Waals surface area contributed by atoms with Gasteiger partial charge in [-0.1, -0.05) is 24.6 Å². The average molecular weight is 283 g/mol. The van der Waals surface area contributed by atoms with Crippen molar-refractivity contribution in [2.45, 2.75) is 45.7 Å². The largest absolute Gasteiger partial charge is 0.311 e. The molecule has 2 fully saturated rings. The molecular weight excluding hydrogens is 258 g/mol. The molecule has 2 aliphatic rings. The van der Waals surface area contributed by atoms with Crippen molar-refractivity contribution < 1.29 is 0 Å². The molecule has 2 aliphatic carbocycles. The standard InChI is InChI=1S/C18H25N3/c1-2-21-18-6-4-3-5-16(18)17(20-21)12-19-11-15-10-13-7-8-14(15)9-13/h3-6,13-15,19H,2,7-12H2,1H3. The molecule has 112 valence electrons. The Morgan fingerprint density at radius 2 is 2.14 bits per heavy atom. The van der Waals surface area contributed by atoms with Crippen LogP contribution in [0.4, 0.5) is 0 Å². The lowest BCUT2D eigenvalue weighted by atomic mass is 9.89. The van der Waals surface area contributed by atoms with Gasteiger partial charge in [0.1, 0.15) is 0 Å². The molecule has 1 N–H and O–H groups in total. The zero-order valence-electron chi connectivity index (χ0n) is 12.9. The van der Waals surface area contributed by atoms with Crippen molar-refractivity contribution in [3.8, 4) is 0 Å². The van der Waals surface area contributed by atoms with E-state index < -0.39 is 0 Å². The molecule has 0 aliphatic heterocycles. The summed E-state index contributed by atoms with van der Waals surface area (Å²) >= 11 is 0. The highest BCUT2D eigenvalue weighted by Gasteiger charge is 2.38. The van der Waals surface area contributed by atoms with Gasteiger partial charge in [-0.2, -0.15) is 5.10 Å². The number of rotatable bonds is 5. The summed E-state index contributed by atoms with van der Waals surface area (Å²) in [7, 11) is 0. The third kappa shape index (κ3) is 2.38. The summed E-state index contributed by atoms with van der Waals surface area (Å²) in [5, 5.41) is 9.76. The van der Waals surface area contributed by atoms with Crippen molar-refractivity contribution >= 4 is 10.9 Å². The van der Waals surface area contributed by atoms with Crippen molar-refractivity contribution in [3.63, 3.8) is 0 Å². The number of hydrogen-bond acceptors (Lipinski definition) is 2. The van der Waals surface area contributed by atoms with Gasteiger partial charge < -0.3 is 5.32 Å². The highest BCUT2D eigenvalue weighted by atomic mass is 15.3. The van der Waals surface area contributed by atoms with Crippen LogP contribution in [-0.2, 0) is 13.1 Å². The number of fused-ring (bicyclic) bond motifs is 3. The molecule has 21 heavy (non-hydrogen) atoms. The molecule has 1 aromatic carbocycles. The highest BCUT2D eigenvalue weighted by Crippen LogP contribution is 2.47. The fourth-order valence-electron chi connectivity index (χ4n) is 4.57. The van der Waals surface area contributed by atoms with E-state index in [4.69, 9.17) is 5.10 Å². The molecular formula is C18H25N3. The fourth-order valence-corrected chi connectivity index (χ4v) is 4.57. The summed E-state index contributed by atoms with van der Waals surface area (Å²) in [6.07, 6.45) is 5.93. The quantitative estimate of drug-likeness (QED) is 0.909. The third-order valence-electron chi connectivity index (χ3n) is 5.62. The van der Waals surface area contributed by atoms with Crippen LogP contribution in [0.15, 0.2) is 24.3 Å².